The first-order valence-electron chi connectivity index (χ1n) is 7.94. The highest BCUT2D eigenvalue weighted by Crippen LogP contribution is 2.50. The Morgan fingerprint density at radius 3 is 2.64 bits per heavy atom. The minimum Gasteiger partial charge on any atom is -0.489 e. The van der Waals surface area contributed by atoms with E-state index < -0.39 is 5.97 Å². The molecule has 0 aromatic heterocycles. The van der Waals surface area contributed by atoms with Gasteiger partial charge in [-0.1, -0.05) is 18.5 Å². The van der Waals surface area contributed by atoms with Gasteiger partial charge in [0.1, 0.15) is 0 Å². The highest BCUT2D eigenvalue weighted by atomic mass is 35.5. The molecule has 22 heavy (non-hydrogen) atoms. The monoisotopic (exact) mass is 324 g/mol. The smallest absolute Gasteiger partial charge is 0.303 e. The molecule has 1 unspecified atom stereocenters. The van der Waals surface area contributed by atoms with Crippen molar-refractivity contribution in [2.75, 3.05) is 13.2 Å². The topological polar surface area (TPSA) is 55.8 Å². The number of carboxylic acid groups (broad SMARTS) is 1. The van der Waals surface area contributed by atoms with Crippen LogP contribution in [0.1, 0.15) is 49.7 Å². The Morgan fingerprint density at radius 1 is 1.36 bits per heavy atom. The lowest BCUT2D eigenvalue weighted by atomic mass is 9.86. The lowest BCUT2D eigenvalue weighted by Gasteiger charge is -2.22. The molecule has 0 radical (unpaired) electrons. The Balaban J connectivity index is 2.08. The molecule has 1 fully saturated rings. The van der Waals surface area contributed by atoms with Gasteiger partial charge in [-0.05, 0) is 42.7 Å². The molecule has 1 aromatic carbocycles. The van der Waals surface area contributed by atoms with Crippen molar-refractivity contribution in [3.63, 3.8) is 0 Å². The predicted molar refractivity (Wildman–Crippen MR) is 84.2 cm³/mol. The van der Waals surface area contributed by atoms with Crippen molar-refractivity contribution in [2.45, 2.75) is 44.9 Å². The van der Waals surface area contributed by atoms with Gasteiger partial charge in [0.15, 0.2) is 11.5 Å². The molecular formula is C17H21ClO4. The van der Waals surface area contributed by atoms with Gasteiger partial charge in [-0.3, -0.25) is 4.79 Å². The molecule has 5 heteroatoms. The van der Waals surface area contributed by atoms with Crippen molar-refractivity contribution in [2.24, 2.45) is 5.92 Å². The standard InChI is InChI=1S/C17H21ClO4/c1-2-11-13(12(9-15(19)20)10-4-5-10)8-14(18)17-16(11)21-6-3-7-22-17/h8,10,12H,2-7,9H2,1H3,(H,19,20). The normalized spacial score (nSPS) is 18.6. The number of fused-ring (bicyclic) bond motifs is 1. The van der Waals surface area contributed by atoms with Gasteiger partial charge in [-0.15, -0.1) is 0 Å². The van der Waals surface area contributed by atoms with Crippen molar-refractivity contribution in [3.05, 3.63) is 22.2 Å². The van der Waals surface area contributed by atoms with Crippen molar-refractivity contribution in [3.8, 4) is 11.5 Å². The third-order valence-electron chi connectivity index (χ3n) is 4.45. The largest absolute Gasteiger partial charge is 0.489 e. The summed E-state index contributed by atoms with van der Waals surface area (Å²) in [6.45, 7) is 3.26. The van der Waals surface area contributed by atoms with Crippen molar-refractivity contribution < 1.29 is 19.4 Å². The zero-order valence-electron chi connectivity index (χ0n) is 12.7. The number of hydrogen-bond donors (Lipinski definition) is 1. The SMILES string of the molecule is CCc1c(C(CC(=O)O)C2CC2)cc(Cl)c2c1OCCCO2. The van der Waals surface area contributed by atoms with Crippen LogP contribution in [-0.4, -0.2) is 24.3 Å². The van der Waals surface area contributed by atoms with Crippen LogP contribution in [0.4, 0.5) is 0 Å². The lowest BCUT2D eigenvalue weighted by molar-refractivity contribution is -0.137. The third kappa shape index (κ3) is 3.02. The summed E-state index contributed by atoms with van der Waals surface area (Å²) in [6, 6.07) is 1.90. The number of rotatable bonds is 5. The maximum Gasteiger partial charge on any atom is 0.303 e. The molecule has 3 rings (SSSR count). The minimum atomic E-state index is -0.762. The fourth-order valence-electron chi connectivity index (χ4n) is 3.27. The number of aliphatic carboxylic acids is 1. The van der Waals surface area contributed by atoms with Crippen LogP contribution in [0.15, 0.2) is 6.07 Å². The summed E-state index contributed by atoms with van der Waals surface area (Å²) < 4.78 is 11.6. The van der Waals surface area contributed by atoms with Gasteiger partial charge in [-0.25, -0.2) is 0 Å². The molecule has 1 heterocycles. The van der Waals surface area contributed by atoms with E-state index in [1.807, 2.05) is 6.07 Å². The van der Waals surface area contributed by atoms with E-state index in [1.165, 1.54) is 0 Å². The fraction of sp³-hybridized carbons (Fsp3) is 0.588. The Hall–Kier alpha value is -1.42. The second-order valence-corrected chi connectivity index (χ2v) is 6.44. The molecule has 2 aliphatic rings. The summed E-state index contributed by atoms with van der Waals surface area (Å²) >= 11 is 6.40. The maximum atomic E-state index is 11.3. The first kappa shape index (κ1) is 15.5. The molecule has 4 nitrogen and oxygen atoms in total. The molecule has 1 aliphatic heterocycles. The van der Waals surface area contributed by atoms with E-state index >= 15 is 0 Å². The van der Waals surface area contributed by atoms with Gasteiger partial charge < -0.3 is 14.6 Å². The van der Waals surface area contributed by atoms with Crippen LogP contribution in [0.5, 0.6) is 11.5 Å². The summed E-state index contributed by atoms with van der Waals surface area (Å²) in [5.41, 5.74) is 2.08. The highest BCUT2D eigenvalue weighted by molar-refractivity contribution is 6.32. The van der Waals surface area contributed by atoms with Crippen LogP contribution in [-0.2, 0) is 11.2 Å². The third-order valence-corrected chi connectivity index (χ3v) is 4.73. The molecule has 1 aromatic rings. The molecule has 0 spiro atoms. The van der Waals surface area contributed by atoms with Crippen LogP contribution >= 0.6 is 11.6 Å². The molecule has 0 bridgehead atoms. The predicted octanol–water partition coefficient (Wildman–Crippen LogP) is 4.03. The second kappa shape index (κ2) is 6.37. The Labute approximate surface area is 135 Å². The van der Waals surface area contributed by atoms with E-state index in [2.05, 4.69) is 6.92 Å². The molecule has 1 N–H and O–H groups in total. The number of carboxylic acids is 1. The van der Waals surface area contributed by atoms with E-state index in [0.717, 1.165) is 42.6 Å². The van der Waals surface area contributed by atoms with E-state index in [9.17, 15) is 9.90 Å². The Kier molecular flexibility index (Phi) is 4.48. The second-order valence-electron chi connectivity index (χ2n) is 6.03. The first-order chi connectivity index (χ1) is 10.6. The average molecular weight is 325 g/mol. The van der Waals surface area contributed by atoms with E-state index in [1.54, 1.807) is 0 Å². The molecule has 0 amide bonds. The van der Waals surface area contributed by atoms with E-state index in [-0.39, 0.29) is 12.3 Å². The number of halogens is 1. The van der Waals surface area contributed by atoms with E-state index in [4.69, 9.17) is 21.1 Å². The number of benzene rings is 1. The van der Waals surface area contributed by atoms with Gasteiger partial charge in [0.25, 0.3) is 0 Å². The zero-order chi connectivity index (χ0) is 15.7. The van der Waals surface area contributed by atoms with Crippen molar-refractivity contribution in [1.29, 1.82) is 0 Å². The Bertz CT molecular complexity index is 581. The van der Waals surface area contributed by atoms with Crippen LogP contribution in [0.3, 0.4) is 0 Å². The van der Waals surface area contributed by atoms with Crippen LogP contribution in [0.25, 0.3) is 0 Å². The summed E-state index contributed by atoms with van der Waals surface area (Å²) in [6.07, 6.45) is 3.93. The van der Waals surface area contributed by atoms with Crippen LogP contribution in [0.2, 0.25) is 5.02 Å². The molecule has 1 saturated carbocycles. The average Bonchev–Trinajstić information content (AvgIpc) is 3.31. The number of carbonyl (C=O) groups is 1. The molecule has 120 valence electrons. The minimum absolute atomic E-state index is 0.0158. The summed E-state index contributed by atoms with van der Waals surface area (Å²) in [7, 11) is 0. The van der Waals surface area contributed by atoms with Gasteiger partial charge >= 0.3 is 5.97 Å². The fourth-order valence-corrected chi connectivity index (χ4v) is 3.53. The summed E-state index contributed by atoms with van der Waals surface area (Å²) in [5.74, 6) is 1.04. The summed E-state index contributed by atoms with van der Waals surface area (Å²) in [5, 5.41) is 9.78. The molecule has 0 saturated heterocycles. The van der Waals surface area contributed by atoms with Crippen LogP contribution < -0.4 is 9.47 Å². The first-order valence-corrected chi connectivity index (χ1v) is 8.32. The number of hydrogen-bond acceptors (Lipinski definition) is 3. The highest BCUT2D eigenvalue weighted by Gasteiger charge is 2.36. The van der Waals surface area contributed by atoms with Gasteiger partial charge in [0.05, 0.1) is 24.7 Å². The summed E-state index contributed by atoms with van der Waals surface area (Å²) in [4.78, 5) is 11.3. The molecule has 1 aliphatic carbocycles. The van der Waals surface area contributed by atoms with Crippen molar-refractivity contribution in [1.82, 2.24) is 0 Å². The maximum absolute atomic E-state index is 11.3. The number of ether oxygens (including phenoxy) is 2. The van der Waals surface area contributed by atoms with E-state index in [0.29, 0.717) is 29.9 Å². The Morgan fingerprint density at radius 2 is 2.05 bits per heavy atom. The van der Waals surface area contributed by atoms with Crippen LogP contribution in [0, 0.1) is 5.92 Å². The molecule has 1 atom stereocenters. The quantitative estimate of drug-likeness (QED) is 0.888. The van der Waals surface area contributed by atoms with Crippen molar-refractivity contribution >= 4 is 17.6 Å². The van der Waals surface area contributed by atoms with Gasteiger partial charge in [0, 0.05) is 12.0 Å². The van der Waals surface area contributed by atoms with Gasteiger partial charge in [-0.2, -0.15) is 0 Å². The zero-order valence-corrected chi connectivity index (χ0v) is 13.5. The lowest BCUT2D eigenvalue weighted by Crippen LogP contribution is -2.12. The van der Waals surface area contributed by atoms with Gasteiger partial charge in [0.2, 0.25) is 0 Å². The molecular weight excluding hydrogens is 304 g/mol.